The fourth-order valence-corrected chi connectivity index (χ4v) is 4.47. The highest BCUT2D eigenvalue weighted by Gasteiger charge is 2.30. The zero-order chi connectivity index (χ0) is 17.2. The van der Waals surface area contributed by atoms with Gasteiger partial charge < -0.3 is 15.0 Å². The number of nitrogens with one attached hydrogen (secondary N) is 1. The maximum atomic E-state index is 12.1. The summed E-state index contributed by atoms with van der Waals surface area (Å²) in [6.45, 7) is 1.15. The molecule has 4 rings (SSSR count). The molecule has 25 heavy (non-hydrogen) atoms. The Hall–Kier alpha value is -2.38. The van der Waals surface area contributed by atoms with E-state index in [0.717, 1.165) is 22.1 Å². The van der Waals surface area contributed by atoms with Crippen molar-refractivity contribution >= 4 is 34.3 Å². The van der Waals surface area contributed by atoms with Crippen LogP contribution < -0.4 is 15.0 Å². The average molecular weight is 371 g/mol. The van der Waals surface area contributed by atoms with Crippen LogP contribution in [-0.2, 0) is 11.3 Å². The lowest BCUT2D eigenvalue weighted by Gasteiger charge is -2.35. The van der Waals surface area contributed by atoms with E-state index in [1.165, 1.54) is 4.88 Å². The molecule has 128 valence electrons. The summed E-state index contributed by atoms with van der Waals surface area (Å²) in [6, 6.07) is 11.9. The summed E-state index contributed by atoms with van der Waals surface area (Å²) in [7, 11) is 1.63. The van der Waals surface area contributed by atoms with E-state index in [1.807, 2.05) is 30.3 Å². The van der Waals surface area contributed by atoms with Crippen molar-refractivity contribution in [3.8, 4) is 15.6 Å². The number of likely N-dealkylation sites (N-methyl/N-ethyl adjacent to an activating group) is 1. The van der Waals surface area contributed by atoms with Gasteiger partial charge in [-0.1, -0.05) is 18.2 Å². The molecule has 3 heterocycles. The van der Waals surface area contributed by atoms with E-state index in [0.29, 0.717) is 13.1 Å². The molecule has 1 amide bonds. The largest absolute Gasteiger partial charge is 0.477 e. The maximum absolute atomic E-state index is 12.1. The number of benzene rings is 1. The summed E-state index contributed by atoms with van der Waals surface area (Å²) in [5, 5.41) is 7.85. The molecule has 1 aliphatic rings. The molecule has 1 N–H and O–H groups in total. The van der Waals surface area contributed by atoms with Crippen molar-refractivity contribution < 1.29 is 9.53 Å². The molecule has 0 unspecified atom stereocenters. The molecule has 3 aromatic rings. The second kappa shape index (κ2) is 6.85. The fourth-order valence-electron chi connectivity index (χ4n) is 2.84. The number of rotatable bonds is 4. The van der Waals surface area contributed by atoms with Crippen molar-refractivity contribution in [3.63, 3.8) is 0 Å². The molecule has 5 nitrogen and oxygen atoms in total. The zero-order valence-electron chi connectivity index (χ0n) is 13.6. The second-order valence-corrected chi connectivity index (χ2v) is 7.50. The Labute approximate surface area is 153 Å². The highest BCUT2D eigenvalue weighted by atomic mass is 32.1. The summed E-state index contributed by atoms with van der Waals surface area (Å²) < 4.78 is 5.85. The third-order valence-electron chi connectivity index (χ3n) is 4.04. The van der Waals surface area contributed by atoms with E-state index in [-0.39, 0.29) is 5.91 Å². The molecule has 0 spiro atoms. The Morgan fingerprint density at radius 1 is 1.32 bits per heavy atom. The molecule has 1 aliphatic heterocycles. The molecule has 0 bridgehead atoms. The van der Waals surface area contributed by atoms with E-state index < -0.39 is 6.10 Å². The standard InChI is InChI=1S/C18H17N3O2S2/c1-19-17(22)15-10-21(13-5-2-3-6-14(13)23-15)9-12-11-25-18(20-12)16-7-4-8-24-16/h2-8,11,15H,9-10H2,1H3,(H,19,22)/t15-/m0/s1. The van der Waals surface area contributed by atoms with E-state index in [1.54, 1.807) is 29.7 Å². The van der Waals surface area contributed by atoms with E-state index in [9.17, 15) is 4.79 Å². The van der Waals surface area contributed by atoms with Crippen LogP contribution in [0.15, 0.2) is 47.2 Å². The van der Waals surface area contributed by atoms with Gasteiger partial charge in [0.05, 0.1) is 29.3 Å². The molecular weight excluding hydrogens is 354 g/mol. The van der Waals surface area contributed by atoms with Crippen LogP contribution in [0.5, 0.6) is 5.75 Å². The van der Waals surface area contributed by atoms with Crippen molar-refractivity contribution in [1.82, 2.24) is 10.3 Å². The number of hydrogen-bond acceptors (Lipinski definition) is 6. The quantitative estimate of drug-likeness (QED) is 0.764. The zero-order valence-corrected chi connectivity index (χ0v) is 15.3. The minimum Gasteiger partial charge on any atom is -0.477 e. The first-order valence-electron chi connectivity index (χ1n) is 7.95. The topological polar surface area (TPSA) is 54.5 Å². The van der Waals surface area contributed by atoms with Crippen molar-refractivity contribution in [3.05, 3.63) is 52.9 Å². The lowest BCUT2D eigenvalue weighted by atomic mass is 10.1. The van der Waals surface area contributed by atoms with Gasteiger partial charge in [0.15, 0.2) is 6.10 Å². The number of para-hydroxylation sites is 2. The normalized spacial score (nSPS) is 16.2. The van der Waals surface area contributed by atoms with Crippen LogP contribution in [0.2, 0.25) is 0 Å². The maximum Gasteiger partial charge on any atom is 0.262 e. The van der Waals surface area contributed by atoms with Crippen LogP contribution >= 0.6 is 22.7 Å². The molecule has 1 atom stereocenters. The van der Waals surface area contributed by atoms with E-state index in [4.69, 9.17) is 9.72 Å². The number of thiophene rings is 1. The summed E-state index contributed by atoms with van der Waals surface area (Å²) in [4.78, 5) is 20.2. The smallest absolute Gasteiger partial charge is 0.262 e. The van der Waals surface area contributed by atoms with Gasteiger partial charge in [-0.2, -0.15) is 0 Å². The Bertz CT molecular complexity index is 876. The first kappa shape index (κ1) is 16.1. The summed E-state index contributed by atoms with van der Waals surface area (Å²) >= 11 is 3.34. The highest BCUT2D eigenvalue weighted by molar-refractivity contribution is 7.20. The predicted molar refractivity (Wildman–Crippen MR) is 101 cm³/mol. The molecule has 2 aromatic heterocycles. The van der Waals surface area contributed by atoms with Crippen LogP contribution in [0.1, 0.15) is 5.69 Å². The molecule has 7 heteroatoms. The molecular formula is C18H17N3O2S2. The lowest BCUT2D eigenvalue weighted by molar-refractivity contribution is -0.127. The number of thiazole rings is 1. The van der Waals surface area contributed by atoms with Crippen LogP contribution in [0.4, 0.5) is 5.69 Å². The van der Waals surface area contributed by atoms with Gasteiger partial charge in [-0.25, -0.2) is 4.98 Å². The number of amides is 1. The Kier molecular flexibility index (Phi) is 4.42. The van der Waals surface area contributed by atoms with Crippen LogP contribution in [0, 0.1) is 0 Å². The molecule has 0 saturated carbocycles. The average Bonchev–Trinajstić information content (AvgIpc) is 3.32. The summed E-state index contributed by atoms with van der Waals surface area (Å²) in [5.41, 5.74) is 1.99. The Balaban J connectivity index is 1.59. The number of carbonyl (C=O) groups is 1. The van der Waals surface area contributed by atoms with Crippen LogP contribution in [-0.4, -0.2) is 30.6 Å². The first-order valence-corrected chi connectivity index (χ1v) is 9.71. The molecule has 0 radical (unpaired) electrons. The number of aromatic nitrogens is 1. The van der Waals surface area contributed by atoms with Gasteiger partial charge in [-0.3, -0.25) is 4.79 Å². The lowest BCUT2D eigenvalue weighted by Crippen LogP contribution is -2.47. The van der Waals surface area contributed by atoms with Gasteiger partial charge in [-0.05, 0) is 23.6 Å². The number of hydrogen-bond donors (Lipinski definition) is 1. The fraction of sp³-hybridized carbons (Fsp3) is 0.222. The SMILES string of the molecule is CNC(=O)[C@@H]1CN(Cc2csc(-c3cccs3)n2)c2ccccc2O1. The molecule has 0 saturated heterocycles. The van der Waals surface area contributed by atoms with Crippen molar-refractivity contribution in [2.24, 2.45) is 0 Å². The number of nitrogens with zero attached hydrogens (tertiary/aromatic N) is 2. The molecule has 1 aromatic carbocycles. The van der Waals surface area contributed by atoms with E-state index in [2.05, 4.69) is 27.0 Å². The van der Waals surface area contributed by atoms with Crippen LogP contribution in [0.3, 0.4) is 0 Å². The molecule has 0 fully saturated rings. The monoisotopic (exact) mass is 371 g/mol. The summed E-state index contributed by atoms with van der Waals surface area (Å²) in [6.07, 6.45) is -0.518. The Morgan fingerprint density at radius 2 is 2.20 bits per heavy atom. The minimum atomic E-state index is -0.518. The van der Waals surface area contributed by atoms with Gasteiger partial charge >= 0.3 is 0 Å². The van der Waals surface area contributed by atoms with Gasteiger partial charge in [0.25, 0.3) is 5.91 Å². The molecule has 0 aliphatic carbocycles. The predicted octanol–water partition coefficient (Wildman–Crippen LogP) is 3.39. The summed E-state index contributed by atoms with van der Waals surface area (Å²) in [5.74, 6) is 0.619. The third-order valence-corrected chi connectivity index (χ3v) is 5.97. The Morgan fingerprint density at radius 3 is 3.00 bits per heavy atom. The van der Waals surface area contributed by atoms with Crippen molar-refractivity contribution in [2.45, 2.75) is 12.6 Å². The van der Waals surface area contributed by atoms with Gasteiger partial charge in [-0.15, -0.1) is 22.7 Å². The number of ether oxygens (including phenoxy) is 1. The first-order chi connectivity index (χ1) is 12.2. The highest BCUT2D eigenvalue weighted by Crippen LogP contribution is 2.35. The number of anilines is 1. The van der Waals surface area contributed by atoms with Gasteiger partial charge in [0.2, 0.25) is 0 Å². The van der Waals surface area contributed by atoms with Crippen molar-refractivity contribution in [2.75, 3.05) is 18.5 Å². The minimum absolute atomic E-state index is 0.114. The van der Waals surface area contributed by atoms with Crippen LogP contribution in [0.25, 0.3) is 9.88 Å². The van der Waals surface area contributed by atoms with Gasteiger partial charge in [0, 0.05) is 12.4 Å². The van der Waals surface area contributed by atoms with E-state index >= 15 is 0 Å². The second-order valence-electron chi connectivity index (χ2n) is 5.69. The van der Waals surface area contributed by atoms with Crippen molar-refractivity contribution in [1.29, 1.82) is 0 Å². The number of fused-ring (bicyclic) bond motifs is 1. The third kappa shape index (κ3) is 3.25. The van der Waals surface area contributed by atoms with Gasteiger partial charge in [0.1, 0.15) is 10.8 Å². The number of carbonyl (C=O) groups excluding carboxylic acids is 1.